The first-order valence-electron chi connectivity index (χ1n) is 7.65. The van der Waals surface area contributed by atoms with Gasteiger partial charge < -0.3 is 5.32 Å². The van der Waals surface area contributed by atoms with Crippen LogP contribution in [-0.4, -0.2) is 21.6 Å². The first-order valence-corrected chi connectivity index (χ1v) is 7.65. The second-order valence-electron chi connectivity index (χ2n) is 5.52. The van der Waals surface area contributed by atoms with Crippen molar-refractivity contribution in [1.82, 2.24) is 9.97 Å². The Morgan fingerprint density at radius 3 is 2.50 bits per heavy atom. The molecule has 0 radical (unpaired) electrons. The number of amidine groups is 2. The van der Waals surface area contributed by atoms with E-state index in [4.69, 9.17) is 9.98 Å². The molecule has 0 aliphatic carbocycles. The molecule has 24 heavy (non-hydrogen) atoms. The molecule has 0 spiro atoms. The summed E-state index contributed by atoms with van der Waals surface area (Å²) in [6.07, 6.45) is 7.02. The summed E-state index contributed by atoms with van der Waals surface area (Å²) in [6.45, 7) is 2.06. The van der Waals surface area contributed by atoms with Gasteiger partial charge in [0.05, 0.1) is 11.4 Å². The van der Waals surface area contributed by atoms with Crippen molar-refractivity contribution in [2.45, 2.75) is 6.92 Å². The average Bonchev–Trinajstić information content (AvgIpc) is 2.82. The topological polar surface area (TPSA) is 62.5 Å². The molecule has 1 aliphatic rings. The Labute approximate surface area is 139 Å². The van der Waals surface area contributed by atoms with Crippen LogP contribution in [0.2, 0.25) is 0 Å². The van der Waals surface area contributed by atoms with Crippen LogP contribution >= 0.6 is 0 Å². The zero-order valence-corrected chi connectivity index (χ0v) is 13.1. The Kier molecular flexibility index (Phi) is 3.59. The van der Waals surface area contributed by atoms with Gasteiger partial charge in [0.2, 0.25) is 0 Å². The van der Waals surface area contributed by atoms with Crippen LogP contribution in [0.25, 0.3) is 0 Å². The van der Waals surface area contributed by atoms with E-state index in [1.807, 2.05) is 36.4 Å². The van der Waals surface area contributed by atoms with Crippen molar-refractivity contribution < 1.29 is 0 Å². The summed E-state index contributed by atoms with van der Waals surface area (Å²) < 4.78 is 0. The highest BCUT2D eigenvalue weighted by molar-refractivity contribution is 6.19. The molecule has 1 N–H and O–H groups in total. The smallest absolute Gasteiger partial charge is 0.162 e. The molecule has 2 aromatic heterocycles. The lowest BCUT2D eigenvalue weighted by Gasteiger charge is -2.10. The van der Waals surface area contributed by atoms with Gasteiger partial charge in [-0.15, -0.1) is 0 Å². The lowest BCUT2D eigenvalue weighted by Crippen LogP contribution is -2.15. The van der Waals surface area contributed by atoms with E-state index in [0.717, 1.165) is 33.9 Å². The van der Waals surface area contributed by atoms with E-state index in [1.54, 1.807) is 24.8 Å². The van der Waals surface area contributed by atoms with Gasteiger partial charge in [-0.25, -0.2) is 9.98 Å². The van der Waals surface area contributed by atoms with Crippen LogP contribution in [-0.2, 0) is 0 Å². The minimum atomic E-state index is 0.645. The van der Waals surface area contributed by atoms with E-state index in [9.17, 15) is 0 Å². The Bertz CT molecular complexity index is 930. The first-order chi connectivity index (χ1) is 11.8. The number of rotatable bonds is 2. The van der Waals surface area contributed by atoms with Gasteiger partial charge in [0, 0.05) is 35.9 Å². The highest BCUT2D eigenvalue weighted by atomic mass is 15.1. The number of nitrogens with one attached hydrogen (secondary N) is 1. The van der Waals surface area contributed by atoms with Gasteiger partial charge in [-0.05, 0) is 48.9 Å². The molecule has 1 aliphatic heterocycles. The quantitative estimate of drug-likeness (QED) is 0.784. The van der Waals surface area contributed by atoms with Crippen molar-refractivity contribution in [2.24, 2.45) is 9.98 Å². The van der Waals surface area contributed by atoms with Gasteiger partial charge in [-0.2, -0.15) is 0 Å². The maximum absolute atomic E-state index is 4.75. The van der Waals surface area contributed by atoms with Crippen molar-refractivity contribution in [2.75, 3.05) is 5.32 Å². The summed E-state index contributed by atoms with van der Waals surface area (Å²) in [6, 6.07) is 13.8. The molecule has 0 fully saturated rings. The van der Waals surface area contributed by atoms with Gasteiger partial charge in [0.15, 0.2) is 5.84 Å². The third-order valence-electron chi connectivity index (χ3n) is 3.72. The number of fused-ring (bicyclic) bond motifs is 1. The van der Waals surface area contributed by atoms with Crippen LogP contribution in [0, 0.1) is 6.92 Å². The molecule has 1 aromatic carbocycles. The molecule has 4 rings (SSSR count). The molecule has 116 valence electrons. The van der Waals surface area contributed by atoms with Crippen molar-refractivity contribution >= 4 is 23.0 Å². The lowest BCUT2D eigenvalue weighted by atomic mass is 10.2. The average molecular weight is 313 g/mol. The Morgan fingerprint density at radius 1 is 0.833 bits per heavy atom. The Balaban J connectivity index is 1.90. The van der Waals surface area contributed by atoms with Gasteiger partial charge in [0.1, 0.15) is 5.84 Å². The molecule has 0 saturated carbocycles. The number of anilines is 1. The second-order valence-corrected chi connectivity index (χ2v) is 5.52. The summed E-state index contributed by atoms with van der Waals surface area (Å²) in [4.78, 5) is 17.8. The van der Waals surface area contributed by atoms with Gasteiger partial charge >= 0.3 is 0 Å². The van der Waals surface area contributed by atoms with E-state index in [2.05, 4.69) is 28.3 Å². The number of nitrogens with zero attached hydrogens (tertiary/aromatic N) is 4. The normalized spacial score (nSPS) is 13.2. The molecule has 0 saturated heterocycles. The number of pyridine rings is 2. The van der Waals surface area contributed by atoms with Crippen LogP contribution in [0.4, 0.5) is 11.4 Å². The molecule has 3 heterocycles. The third kappa shape index (κ3) is 2.79. The molecular formula is C19H15N5. The fourth-order valence-corrected chi connectivity index (χ4v) is 2.52. The van der Waals surface area contributed by atoms with Crippen molar-refractivity contribution in [3.05, 3.63) is 83.9 Å². The molecule has 0 amide bonds. The third-order valence-corrected chi connectivity index (χ3v) is 3.72. The van der Waals surface area contributed by atoms with Crippen LogP contribution < -0.4 is 5.32 Å². The molecule has 5 nitrogen and oxygen atoms in total. The van der Waals surface area contributed by atoms with Crippen molar-refractivity contribution in [3.63, 3.8) is 0 Å². The fraction of sp³-hybridized carbons (Fsp3) is 0.0526. The predicted octanol–water partition coefficient (Wildman–Crippen LogP) is 3.74. The zero-order chi connectivity index (χ0) is 16.4. The largest absolute Gasteiger partial charge is 0.338 e. The molecule has 0 unspecified atom stereocenters. The fourth-order valence-electron chi connectivity index (χ4n) is 2.52. The number of aliphatic imine (C=N–C) groups is 2. The summed E-state index contributed by atoms with van der Waals surface area (Å²) >= 11 is 0. The van der Waals surface area contributed by atoms with Crippen LogP contribution in [0.1, 0.15) is 16.7 Å². The van der Waals surface area contributed by atoms with E-state index < -0.39 is 0 Å². The van der Waals surface area contributed by atoms with E-state index in [1.165, 1.54) is 0 Å². The monoisotopic (exact) mass is 313 g/mol. The van der Waals surface area contributed by atoms with Crippen molar-refractivity contribution in [1.29, 1.82) is 0 Å². The summed E-state index contributed by atoms with van der Waals surface area (Å²) in [5.74, 6) is 1.37. The standard InChI is InChI=1S/C19H15N5/c1-13-4-5-16-17(11-13)23-19(15-3-2-8-21-12-15)24-18(22-16)14-6-9-20-10-7-14/h2-12H,1H3,(H,22,23,24). The predicted molar refractivity (Wildman–Crippen MR) is 96.0 cm³/mol. The molecule has 5 heteroatoms. The lowest BCUT2D eigenvalue weighted by molar-refractivity contribution is 1.31. The van der Waals surface area contributed by atoms with Crippen LogP contribution in [0.15, 0.2) is 77.2 Å². The molecule has 0 bridgehead atoms. The van der Waals surface area contributed by atoms with Gasteiger partial charge in [0.25, 0.3) is 0 Å². The van der Waals surface area contributed by atoms with Gasteiger partial charge in [-0.1, -0.05) is 6.07 Å². The number of hydrogen-bond donors (Lipinski definition) is 1. The van der Waals surface area contributed by atoms with Crippen LogP contribution in [0.5, 0.6) is 0 Å². The van der Waals surface area contributed by atoms with E-state index in [-0.39, 0.29) is 0 Å². The molecule has 0 atom stereocenters. The highest BCUT2D eigenvalue weighted by Gasteiger charge is 2.15. The van der Waals surface area contributed by atoms with Crippen molar-refractivity contribution in [3.8, 4) is 0 Å². The summed E-state index contributed by atoms with van der Waals surface area (Å²) in [7, 11) is 0. The summed E-state index contributed by atoms with van der Waals surface area (Å²) in [5.41, 5.74) is 4.78. The Hall–Kier alpha value is -3.34. The number of hydrogen-bond acceptors (Lipinski definition) is 5. The highest BCUT2D eigenvalue weighted by Crippen LogP contribution is 2.29. The number of aromatic nitrogens is 2. The Morgan fingerprint density at radius 2 is 1.71 bits per heavy atom. The van der Waals surface area contributed by atoms with Gasteiger partial charge in [-0.3, -0.25) is 9.97 Å². The maximum Gasteiger partial charge on any atom is 0.162 e. The number of benzene rings is 1. The minimum Gasteiger partial charge on any atom is -0.338 e. The zero-order valence-electron chi connectivity index (χ0n) is 13.1. The second kappa shape index (κ2) is 6.04. The SMILES string of the molecule is Cc1ccc2c(c1)NC(c1cccnc1)=NC(c1ccncc1)=N2. The first kappa shape index (κ1) is 14.3. The summed E-state index contributed by atoms with van der Waals surface area (Å²) in [5, 5.41) is 3.40. The maximum atomic E-state index is 4.75. The van der Waals surface area contributed by atoms with Crippen LogP contribution in [0.3, 0.4) is 0 Å². The van der Waals surface area contributed by atoms with E-state index >= 15 is 0 Å². The van der Waals surface area contributed by atoms with E-state index in [0.29, 0.717) is 5.84 Å². The minimum absolute atomic E-state index is 0.645. The number of aryl methyl sites for hydroxylation is 1. The molecular weight excluding hydrogens is 298 g/mol. The molecule has 3 aromatic rings.